The first-order valence-corrected chi connectivity index (χ1v) is 11.6. The first-order chi connectivity index (χ1) is 14.9. The van der Waals surface area contributed by atoms with Crippen LogP contribution in [0.3, 0.4) is 0 Å². The number of amides is 2. The molecule has 7 nitrogen and oxygen atoms in total. The molecule has 0 aliphatic carbocycles. The number of ether oxygens (including phenoxy) is 1. The highest BCUT2D eigenvalue weighted by molar-refractivity contribution is 7.13. The number of rotatable bonds is 6. The van der Waals surface area contributed by atoms with Crippen molar-refractivity contribution in [1.82, 2.24) is 15.2 Å². The minimum Gasteiger partial charge on any atom is -0.368 e. The van der Waals surface area contributed by atoms with Gasteiger partial charge >= 0.3 is 0 Å². The van der Waals surface area contributed by atoms with Crippen LogP contribution in [0.5, 0.6) is 0 Å². The molecule has 2 saturated heterocycles. The summed E-state index contributed by atoms with van der Waals surface area (Å²) in [6.45, 7) is 4.58. The minimum absolute atomic E-state index is 0.0551. The Balaban J connectivity index is 1.53. The Morgan fingerprint density at radius 2 is 2.19 bits per heavy atom. The molecule has 3 atom stereocenters. The summed E-state index contributed by atoms with van der Waals surface area (Å²) in [5.74, 6) is -0.410. The van der Waals surface area contributed by atoms with E-state index in [-0.39, 0.29) is 36.2 Å². The SMILES string of the molecule is CC(C)C[C@H](NC(=O)c1cncc(-c2cccs2)c1)C(=O)N1CCC[C@H]2OCC(=O)[C@H]21. The third-order valence-electron chi connectivity index (χ3n) is 5.74. The zero-order valence-electron chi connectivity index (χ0n) is 17.7. The fourth-order valence-electron chi connectivity index (χ4n) is 4.31. The maximum Gasteiger partial charge on any atom is 0.253 e. The van der Waals surface area contributed by atoms with Gasteiger partial charge in [-0.25, -0.2) is 0 Å². The van der Waals surface area contributed by atoms with Crippen LogP contribution in [-0.4, -0.2) is 58.8 Å². The number of hydrogen-bond acceptors (Lipinski definition) is 6. The van der Waals surface area contributed by atoms with E-state index in [1.54, 1.807) is 28.5 Å². The minimum atomic E-state index is -0.704. The molecular weight excluding hydrogens is 414 g/mol. The van der Waals surface area contributed by atoms with Crippen molar-refractivity contribution in [3.8, 4) is 10.4 Å². The normalized spacial score (nSPS) is 21.8. The molecule has 0 saturated carbocycles. The summed E-state index contributed by atoms with van der Waals surface area (Å²) in [5, 5.41) is 4.88. The summed E-state index contributed by atoms with van der Waals surface area (Å²) in [6, 6.07) is 4.48. The Bertz CT molecular complexity index is 959. The number of aromatic nitrogens is 1. The summed E-state index contributed by atoms with van der Waals surface area (Å²) in [7, 11) is 0. The molecule has 2 aromatic heterocycles. The summed E-state index contributed by atoms with van der Waals surface area (Å²) >= 11 is 1.58. The smallest absolute Gasteiger partial charge is 0.253 e. The zero-order chi connectivity index (χ0) is 22.0. The maximum atomic E-state index is 13.4. The lowest BCUT2D eigenvalue weighted by Crippen LogP contribution is -2.58. The lowest BCUT2D eigenvalue weighted by Gasteiger charge is -2.37. The number of nitrogens with zero attached hydrogens (tertiary/aromatic N) is 2. The highest BCUT2D eigenvalue weighted by Gasteiger charge is 2.45. The van der Waals surface area contributed by atoms with Crippen molar-refractivity contribution in [2.24, 2.45) is 5.92 Å². The molecule has 2 amide bonds. The fraction of sp³-hybridized carbons (Fsp3) is 0.478. The molecule has 31 heavy (non-hydrogen) atoms. The van der Waals surface area contributed by atoms with Crippen molar-refractivity contribution >= 4 is 28.9 Å². The van der Waals surface area contributed by atoms with Crippen molar-refractivity contribution in [2.75, 3.05) is 13.2 Å². The second kappa shape index (κ2) is 9.28. The van der Waals surface area contributed by atoms with Crippen LogP contribution in [0, 0.1) is 5.92 Å². The van der Waals surface area contributed by atoms with Crippen LogP contribution in [-0.2, 0) is 14.3 Å². The van der Waals surface area contributed by atoms with Gasteiger partial charge in [-0.2, -0.15) is 0 Å². The van der Waals surface area contributed by atoms with Crippen molar-refractivity contribution in [2.45, 2.75) is 51.3 Å². The van der Waals surface area contributed by atoms with Crippen LogP contribution in [0.4, 0.5) is 0 Å². The van der Waals surface area contributed by atoms with E-state index >= 15 is 0 Å². The van der Waals surface area contributed by atoms with E-state index in [0.717, 1.165) is 23.3 Å². The first kappa shape index (κ1) is 21.6. The quantitative estimate of drug-likeness (QED) is 0.745. The Kier molecular flexibility index (Phi) is 6.48. The Morgan fingerprint density at radius 3 is 2.94 bits per heavy atom. The molecule has 4 heterocycles. The lowest BCUT2D eigenvalue weighted by atomic mass is 9.95. The van der Waals surface area contributed by atoms with E-state index in [0.29, 0.717) is 18.5 Å². The van der Waals surface area contributed by atoms with Crippen molar-refractivity contribution in [3.05, 3.63) is 41.5 Å². The molecule has 8 heteroatoms. The summed E-state index contributed by atoms with van der Waals surface area (Å²) < 4.78 is 5.57. The number of fused-ring (bicyclic) bond motifs is 1. The molecule has 2 aromatic rings. The van der Waals surface area contributed by atoms with Crippen LogP contribution in [0.2, 0.25) is 0 Å². The molecule has 2 fully saturated rings. The molecule has 1 N–H and O–H groups in total. The molecular formula is C23H27N3O4S. The summed E-state index contributed by atoms with van der Waals surface area (Å²) in [4.78, 5) is 45.7. The monoisotopic (exact) mass is 441 g/mol. The average molecular weight is 442 g/mol. The third kappa shape index (κ3) is 4.70. The number of carbonyl (C=O) groups excluding carboxylic acids is 3. The molecule has 0 spiro atoms. The molecule has 2 aliphatic heterocycles. The van der Waals surface area contributed by atoms with Crippen molar-refractivity contribution in [3.63, 3.8) is 0 Å². The van der Waals surface area contributed by atoms with Gasteiger partial charge in [-0.05, 0) is 42.7 Å². The first-order valence-electron chi connectivity index (χ1n) is 10.7. The number of pyridine rings is 1. The number of carbonyl (C=O) groups is 3. The van der Waals surface area contributed by atoms with Gasteiger partial charge in [0.1, 0.15) is 18.7 Å². The van der Waals surface area contributed by atoms with Crippen LogP contribution >= 0.6 is 11.3 Å². The highest BCUT2D eigenvalue weighted by atomic mass is 32.1. The van der Waals surface area contributed by atoms with E-state index in [2.05, 4.69) is 10.3 Å². The van der Waals surface area contributed by atoms with Gasteiger partial charge in [-0.3, -0.25) is 19.4 Å². The topological polar surface area (TPSA) is 88.6 Å². The molecule has 164 valence electrons. The Hall–Kier alpha value is -2.58. The summed E-state index contributed by atoms with van der Waals surface area (Å²) in [5.41, 5.74) is 1.27. The molecule has 0 aromatic carbocycles. The van der Waals surface area contributed by atoms with Crippen LogP contribution in [0.1, 0.15) is 43.5 Å². The molecule has 0 unspecified atom stereocenters. The third-order valence-corrected chi connectivity index (χ3v) is 6.66. The van der Waals surface area contributed by atoms with Gasteiger partial charge in [0.05, 0.1) is 11.7 Å². The van der Waals surface area contributed by atoms with Crippen molar-refractivity contribution in [1.29, 1.82) is 0 Å². The number of hydrogen-bond donors (Lipinski definition) is 1. The Labute approximate surface area is 185 Å². The van der Waals surface area contributed by atoms with Gasteiger partial charge in [-0.15, -0.1) is 11.3 Å². The number of piperidine rings is 1. The molecule has 0 radical (unpaired) electrons. The second-order valence-electron chi connectivity index (χ2n) is 8.53. The van der Waals surface area contributed by atoms with E-state index in [9.17, 15) is 14.4 Å². The van der Waals surface area contributed by atoms with Crippen LogP contribution < -0.4 is 5.32 Å². The second-order valence-corrected chi connectivity index (χ2v) is 9.48. The van der Waals surface area contributed by atoms with Gasteiger partial charge in [0.2, 0.25) is 5.91 Å². The van der Waals surface area contributed by atoms with Gasteiger partial charge in [-0.1, -0.05) is 19.9 Å². The van der Waals surface area contributed by atoms with Crippen molar-refractivity contribution < 1.29 is 19.1 Å². The zero-order valence-corrected chi connectivity index (χ0v) is 18.6. The van der Waals surface area contributed by atoms with E-state index in [1.165, 1.54) is 6.20 Å². The van der Waals surface area contributed by atoms with Crippen LogP contribution in [0.25, 0.3) is 10.4 Å². The molecule has 2 aliphatic rings. The number of thiophene rings is 1. The van der Waals surface area contributed by atoms with Gasteiger partial charge in [0.25, 0.3) is 5.91 Å². The number of Topliss-reactive ketones (excluding diaryl/α,β-unsaturated/α-hetero) is 1. The maximum absolute atomic E-state index is 13.4. The largest absolute Gasteiger partial charge is 0.368 e. The van der Waals surface area contributed by atoms with E-state index < -0.39 is 12.1 Å². The fourth-order valence-corrected chi connectivity index (χ4v) is 5.02. The van der Waals surface area contributed by atoms with E-state index in [4.69, 9.17) is 4.74 Å². The predicted molar refractivity (Wildman–Crippen MR) is 118 cm³/mol. The average Bonchev–Trinajstić information content (AvgIpc) is 3.43. The van der Waals surface area contributed by atoms with Gasteiger partial charge < -0.3 is 15.0 Å². The highest BCUT2D eigenvalue weighted by Crippen LogP contribution is 2.28. The van der Waals surface area contributed by atoms with Gasteiger partial charge in [0, 0.05) is 29.4 Å². The number of ketones is 1. The van der Waals surface area contributed by atoms with E-state index in [1.807, 2.05) is 31.4 Å². The summed E-state index contributed by atoms with van der Waals surface area (Å²) in [6.07, 6.45) is 5.06. The molecule has 0 bridgehead atoms. The predicted octanol–water partition coefficient (Wildman–Crippen LogP) is 2.91. The Morgan fingerprint density at radius 1 is 1.35 bits per heavy atom. The standard InChI is InChI=1S/C23H27N3O4S/c1-14(2)9-17(23(29)26-7-3-5-19-21(26)18(27)13-30-19)25-22(28)16-10-15(11-24-12-16)20-6-4-8-31-20/h4,6,8,10-12,14,17,19,21H,3,5,7,9,13H2,1-2H3,(H,25,28)/t17-,19+,21+/m0/s1. The number of nitrogens with one attached hydrogen (secondary N) is 1. The lowest BCUT2D eigenvalue weighted by molar-refractivity contribution is -0.142. The van der Waals surface area contributed by atoms with Crippen LogP contribution in [0.15, 0.2) is 36.0 Å². The van der Waals surface area contributed by atoms with Gasteiger partial charge in [0.15, 0.2) is 5.78 Å². The number of likely N-dealkylation sites (tertiary alicyclic amines) is 1. The molecule has 4 rings (SSSR count).